The van der Waals surface area contributed by atoms with Crippen LogP contribution in [-0.2, 0) is 24.4 Å². The molecule has 57 heavy (non-hydrogen) atoms. The summed E-state index contributed by atoms with van der Waals surface area (Å²) >= 11 is 6.95. The second kappa shape index (κ2) is 18.4. The summed E-state index contributed by atoms with van der Waals surface area (Å²) < 4.78 is 33.2. The third-order valence-corrected chi connectivity index (χ3v) is 11.8. The van der Waals surface area contributed by atoms with Crippen LogP contribution in [-0.4, -0.2) is 55.3 Å². The largest absolute Gasteiger partial charge is 0.493 e. The van der Waals surface area contributed by atoms with Gasteiger partial charge in [0.1, 0.15) is 36.1 Å². The minimum atomic E-state index is -0.684. The first-order chi connectivity index (χ1) is 27.7. The van der Waals surface area contributed by atoms with Crippen molar-refractivity contribution in [3.63, 3.8) is 0 Å². The van der Waals surface area contributed by atoms with Gasteiger partial charge in [-0.15, -0.1) is 0 Å². The highest BCUT2D eigenvalue weighted by atomic mass is 35.5. The molecule has 11 heteroatoms. The van der Waals surface area contributed by atoms with Crippen LogP contribution in [0.4, 0.5) is 4.39 Å². The van der Waals surface area contributed by atoms with Gasteiger partial charge in [-0.25, -0.2) is 4.39 Å². The average Bonchev–Trinajstić information content (AvgIpc) is 3.63. The van der Waals surface area contributed by atoms with Gasteiger partial charge in [-0.3, -0.25) is 4.79 Å². The number of fused-ring (bicyclic) bond motifs is 1. The van der Waals surface area contributed by atoms with Crippen LogP contribution < -0.4 is 24.8 Å². The molecule has 2 fully saturated rings. The number of nitrogens with zero attached hydrogens (tertiary/aromatic N) is 3. The van der Waals surface area contributed by atoms with Crippen LogP contribution in [0.25, 0.3) is 11.1 Å². The van der Waals surface area contributed by atoms with Crippen LogP contribution in [0.5, 0.6) is 17.2 Å². The molecule has 4 aromatic carbocycles. The number of ether oxygens (including phenoxy) is 3. The monoisotopic (exact) mass is 789 g/mol. The number of carbonyl (C=O) groups excluding carboxylic acids is 1. The van der Waals surface area contributed by atoms with Crippen LogP contribution in [0.2, 0.25) is 5.02 Å². The average molecular weight is 790 g/mol. The summed E-state index contributed by atoms with van der Waals surface area (Å²) in [6, 6.07) is 25.9. The minimum Gasteiger partial charge on any atom is -0.493 e. The number of hydrogen-bond acceptors (Lipinski definition) is 8. The molecule has 2 heterocycles. The van der Waals surface area contributed by atoms with Crippen molar-refractivity contribution in [1.82, 2.24) is 15.5 Å². The van der Waals surface area contributed by atoms with E-state index in [-0.39, 0.29) is 30.7 Å². The molecule has 4 atom stereocenters. The molecule has 7 rings (SSSR count). The molecule has 0 radical (unpaired) electrons. The fraction of sp³-hybridized carbons (Fsp3) is 0.413. The second-order valence-electron chi connectivity index (χ2n) is 15.4. The highest BCUT2D eigenvalue weighted by molar-refractivity contribution is 6.32. The Bertz CT molecular complexity index is 2140. The van der Waals surface area contributed by atoms with Gasteiger partial charge in [-0.2, -0.15) is 10.5 Å². The molecule has 0 aromatic heterocycles. The number of hydrogen-bond donors (Lipinski definition) is 2. The predicted molar refractivity (Wildman–Crippen MR) is 218 cm³/mol. The first-order valence-corrected chi connectivity index (χ1v) is 20.4. The molecule has 9 nitrogen and oxygen atoms in total. The van der Waals surface area contributed by atoms with Crippen molar-refractivity contribution in [3.8, 4) is 40.5 Å². The van der Waals surface area contributed by atoms with Crippen LogP contribution in [0.3, 0.4) is 0 Å². The number of likely N-dealkylation sites (tertiary alicyclic amines) is 1. The molecule has 2 N–H and O–H groups in total. The molecule has 296 valence electrons. The fourth-order valence-electron chi connectivity index (χ4n) is 8.32. The van der Waals surface area contributed by atoms with Gasteiger partial charge < -0.3 is 29.7 Å². The molecule has 2 aliphatic heterocycles. The number of benzene rings is 4. The van der Waals surface area contributed by atoms with E-state index >= 15 is 0 Å². The zero-order valence-corrected chi connectivity index (χ0v) is 33.3. The van der Waals surface area contributed by atoms with Crippen molar-refractivity contribution < 1.29 is 23.4 Å². The highest BCUT2D eigenvalue weighted by Gasteiger charge is 2.29. The first-order valence-electron chi connectivity index (χ1n) is 20.0. The predicted octanol–water partition coefficient (Wildman–Crippen LogP) is 8.66. The van der Waals surface area contributed by atoms with Gasteiger partial charge >= 0.3 is 0 Å². The molecular formula is C46H49ClFN5O4. The topological polar surface area (TPSA) is 120 Å². The molecule has 0 saturated carbocycles. The quantitative estimate of drug-likeness (QED) is 0.122. The number of nitrogens with one attached hydrogen (secondary N) is 2. The van der Waals surface area contributed by atoms with Crippen LogP contribution >= 0.6 is 11.6 Å². The molecule has 1 amide bonds. The zero-order chi connectivity index (χ0) is 39.9. The van der Waals surface area contributed by atoms with Crippen LogP contribution in [0, 0.1) is 29.6 Å². The third-order valence-electron chi connectivity index (χ3n) is 11.5. The van der Waals surface area contributed by atoms with E-state index in [1.807, 2.05) is 24.3 Å². The summed E-state index contributed by atoms with van der Waals surface area (Å²) in [5.41, 5.74) is 8.04. The van der Waals surface area contributed by atoms with Gasteiger partial charge in [0.15, 0.2) is 0 Å². The highest BCUT2D eigenvalue weighted by Crippen LogP contribution is 2.44. The van der Waals surface area contributed by atoms with E-state index in [0.29, 0.717) is 72.2 Å². The Labute approximate surface area is 339 Å². The maximum atomic E-state index is 13.8. The fourth-order valence-corrected chi connectivity index (χ4v) is 8.55. The molecule has 0 bridgehead atoms. The van der Waals surface area contributed by atoms with E-state index in [2.05, 4.69) is 65.8 Å². The van der Waals surface area contributed by atoms with Crippen LogP contribution in [0.1, 0.15) is 90.5 Å². The lowest BCUT2D eigenvalue weighted by Crippen LogP contribution is -2.45. The van der Waals surface area contributed by atoms with Gasteiger partial charge in [0, 0.05) is 56.3 Å². The Hall–Kier alpha value is -5.13. The van der Waals surface area contributed by atoms with E-state index in [4.69, 9.17) is 25.8 Å². The summed E-state index contributed by atoms with van der Waals surface area (Å²) in [4.78, 5) is 14.1. The number of rotatable bonds is 14. The van der Waals surface area contributed by atoms with Crippen molar-refractivity contribution in [2.45, 2.75) is 96.3 Å². The summed E-state index contributed by atoms with van der Waals surface area (Å²) in [7, 11) is 0. The Morgan fingerprint density at radius 1 is 0.947 bits per heavy atom. The number of halogens is 2. The molecule has 1 aliphatic carbocycles. The first kappa shape index (κ1) is 40.1. The Morgan fingerprint density at radius 3 is 2.49 bits per heavy atom. The molecule has 2 saturated heterocycles. The number of carbonyl (C=O) groups is 1. The zero-order valence-electron chi connectivity index (χ0n) is 32.6. The lowest BCUT2D eigenvalue weighted by molar-refractivity contribution is -0.122. The number of amides is 1. The van der Waals surface area contributed by atoms with E-state index in [1.165, 1.54) is 5.56 Å². The van der Waals surface area contributed by atoms with Gasteiger partial charge in [0.25, 0.3) is 0 Å². The summed E-state index contributed by atoms with van der Waals surface area (Å²) in [5.74, 6) is 2.00. The van der Waals surface area contributed by atoms with Crippen molar-refractivity contribution >= 4 is 17.5 Å². The summed E-state index contributed by atoms with van der Waals surface area (Å²) in [5, 5.41) is 25.9. The third kappa shape index (κ3) is 9.71. The Kier molecular flexibility index (Phi) is 13.0. The molecule has 3 aliphatic rings. The van der Waals surface area contributed by atoms with Crippen LogP contribution in [0.15, 0.2) is 66.7 Å². The molecule has 0 spiro atoms. The maximum absolute atomic E-state index is 13.8. The molecular weight excluding hydrogens is 741 g/mol. The van der Waals surface area contributed by atoms with Gasteiger partial charge in [0.05, 0.1) is 34.9 Å². The normalized spacial score (nSPS) is 20.6. The molecule has 4 aromatic rings. The van der Waals surface area contributed by atoms with Crippen molar-refractivity contribution in [1.29, 1.82) is 10.5 Å². The van der Waals surface area contributed by atoms with E-state index in [9.17, 15) is 19.7 Å². The lowest BCUT2D eigenvalue weighted by Gasteiger charge is -2.34. The second-order valence-corrected chi connectivity index (χ2v) is 15.8. The van der Waals surface area contributed by atoms with Gasteiger partial charge in [-0.1, -0.05) is 41.9 Å². The Morgan fingerprint density at radius 2 is 1.74 bits per heavy atom. The van der Waals surface area contributed by atoms with Crippen molar-refractivity contribution in [3.05, 3.63) is 111 Å². The molecule has 0 unspecified atom stereocenters. The summed E-state index contributed by atoms with van der Waals surface area (Å²) in [6.45, 7) is 7.66. The van der Waals surface area contributed by atoms with E-state index in [1.54, 1.807) is 18.2 Å². The smallest absolute Gasteiger partial charge is 0.220 e. The number of nitriles is 2. The lowest BCUT2D eigenvalue weighted by atomic mass is 9.93. The van der Waals surface area contributed by atoms with Crippen molar-refractivity contribution in [2.75, 3.05) is 26.2 Å². The number of piperidine rings is 2. The van der Waals surface area contributed by atoms with Gasteiger partial charge in [0.2, 0.25) is 5.91 Å². The number of alkyl halides is 1. The van der Waals surface area contributed by atoms with Gasteiger partial charge in [-0.05, 0) is 116 Å². The summed E-state index contributed by atoms with van der Waals surface area (Å²) in [6.07, 6.45) is 4.02. The van der Waals surface area contributed by atoms with E-state index < -0.39 is 6.17 Å². The Balaban J connectivity index is 1.07. The SMILES string of the molecule is Cc1c(OCCCN2CC[C@@H](F)C[C@@H]2C)cccc1-c1cccc2c1CC[C@@H]2Oc1cc(OCc2cc(C#N)cc(C#N)c2)c(CN[C@H]2CCC(=O)NC2)cc1Cl. The van der Waals surface area contributed by atoms with E-state index in [0.717, 1.165) is 72.3 Å². The van der Waals surface area contributed by atoms with Crippen molar-refractivity contribution in [2.24, 2.45) is 0 Å². The minimum absolute atomic E-state index is 0.0562. The standard InChI is InChI=1S/C46H49ClFN5O4/c1-29-18-35(48)14-16-53(29)15-5-17-55-42-9-4-6-37(30(42)2)38-7-3-8-40-39(38)11-12-43(40)57-45-23-44(56-28-33-20-31(24-49)19-32(21-33)25-50)34(22-41(45)47)26-51-36-10-13-46(54)52-27-36/h3-4,6-9,19-23,29,35-36,43,51H,5,10-18,26-28H2,1-2H3,(H,52,54)/t29-,35+,36-,43-/m0/s1. The maximum Gasteiger partial charge on any atom is 0.220 e.